The van der Waals surface area contributed by atoms with Crippen LogP contribution in [0.15, 0.2) is 4.99 Å². The molecule has 2 fully saturated rings. The van der Waals surface area contributed by atoms with Crippen LogP contribution in [0.1, 0.15) is 33.1 Å². The van der Waals surface area contributed by atoms with Crippen molar-refractivity contribution in [1.82, 2.24) is 20.3 Å². The predicted molar refractivity (Wildman–Crippen MR) is 105 cm³/mol. The Hall–Kier alpha value is -0.900. The summed E-state index contributed by atoms with van der Waals surface area (Å²) in [6.45, 7) is 9.91. The van der Waals surface area contributed by atoms with E-state index in [9.17, 15) is 8.42 Å². The van der Waals surface area contributed by atoms with Crippen molar-refractivity contribution in [3.05, 3.63) is 0 Å². The fraction of sp³-hybridized carbons (Fsp3) is 0.941. The van der Waals surface area contributed by atoms with Gasteiger partial charge in [-0.3, -0.25) is 9.89 Å². The second-order valence-electron chi connectivity index (χ2n) is 7.11. The number of nitrogens with one attached hydrogen (secondary N) is 3. The average Bonchev–Trinajstić information content (AvgIpc) is 2.58. The summed E-state index contributed by atoms with van der Waals surface area (Å²) in [5.74, 6) is 1.25. The topological polar surface area (TPSA) is 95.1 Å². The van der Waals surface area contributed by atoms with Gasteiger partial charge in [-0.25, -0.2) is 13.1 Å². The molecule has 26 heavy (non-hydrogen) atoms. The van der Waals surface area contributed by atoms with Gasteiger partial charge in [-0.1, -0.05) is 6.42 Å². The van der Waals surface area contributed by atoms with E-state index in [2.05, 4.69) is 32.2 Å². The van der Waals surface area contributed by atoms with Gasteiger partial charge in [0.05, 0.1) is 25.5 Å². The van der Waals surface area contributed by atoms with Crippen LogP contribution in [0, 0.1) is 5.92 Å². The van der Waals surface area contributed by atoms with E-state index in [-0.39, 0.29) is 5.75 Å². The molecule has 0 spiro atoms. The smallest absolute Gasteiger partial charge is 0.213 e. The van der Waals surface area contributed by atoms with Crippen molar-refractivity contribution >= 4 is 16.0 Å². The molecular weight excluding hydrogens is 354 g/mol. The lowest BCUT2D eigenvalue weighted by molar-refractivity contribution is 0.0220. The number of hydrogen-bond acceptors (Lipinski definition) is 5. The van der Waals surface area contributed by atoms with Crippen LogP contribution < -0.4 is 15.4 Å². The SMILES string of the molecule is CCNC(=NCC(C)N1CCOCC1)NCCS(=O)(=O)NCC1CCC1. The summed E-state index contributed by atoms with van der Waals surface area (Å²) < 4.78 is 32.2. The Morgan fingerprint density at radius 3 is 2.62 bits per heavy atom. The summed E-state index contributed by atoms with van der Waals surface area (Å²) in [7, 11) is -3.23. The van der Waals surface area contributed by atoms with Crippen LogP contribution in [-0.4, -0.2) is 83.6 Å². The van der Waals surface area contributed by atoms with Crippen molar-refractivity contribution < 1.29 is 13.2 Å². The van der Waals surface area contributed by atoms with Crippen molar-refractivity contribution in [2.75, 3.05) is 58.2 Å². The fourth-order valence-electron chi connectivity index (χ4n) is 3.02. The van der Waals surface area contributed by atoms with Gasteiger partial charge >= 0.3 is 0 Å². The molecule has 152 valence electrons. The molecule has 2 rings (SSSR count). The molecule has 0 aromatic carbocycles. The number of rotatable bonds is 10. The summed E-state index contributed by atoms with van der Waals surface area (Å²) in [4.78, 5) is 6.97. The van der Waals surface area contributed by atoms with Crippen LogP contribution in [0.4, 0.5) is 0 Å². The number of ether oxygens (including phenoxy) is 1. The molecule has 2 aliphatic rings. The van der Waals surface area contributed by atoms with Gasteiger partial charge in [-0.05, 0) is 32.6 Å². The Labute approximate surface area is 158 Å². The second-order valence-corrected chi connectivity index (χ2v) is 9.03. The van der Waals surface area contributed by atoms with Gasteiger partial charge in [0.15, 0.2) is 5.96 Å². The Morgan fingerprint density at radius 2 is 2.00 bits per heavy atom. The van der Waals surface area contributed by atoms with Crippen LogP contribution in [0.25, 0.3) is 0 Å². The van der Waals surface area contributed by atoms with Gasteiger partial charge in [0.1, 0.15) is 0 Å². The summed E-state index contributed by atoms with van der Waals surface area (Å²) in [5, 5.41) is 6.30. The minimum Gasteiger partial charge on any atom is -0.379 e. The highest BCUT2D eigenvalue weighted by Gasteiger charge is 2.20. The maximum absolute atomic E-state index is 12.1. The molecule has 8 nitrogen and oxygen atoms in total. The van der Waals surface area contributed by atoms with E-state index in [0.29, 0.717) is 37.6 Å². The summed E-state index contributed by atoms with van der Waals surface area (Å²) >= 11 is 0. The van der Waals surface area contributed by atoms with Crippen LogP contribution in [0.2, 0.25) is 0 Å². The van der Waals surface area contributed by atoms with E-state index in [4.69, 9.17) is 4.74 Å². The molecule has 1 unspecified atom stereocenters. The molecule has 1 aliphatic heterocycles. The van der Waals surface area contributed by atoms with Gasteiger partial charge in [-0.2, -0.15) is 0 Å². The molecule has 3 N–H and O–H groups in total. The van der Waals surface area contributed by atoms with E-state index in [0.717, 1.165) is 45.7 Å². The third-order valence-electron chi connectivity index (χ3n) is 5.01. The summed E-state index contributed by atoms with van der Waals surface area (Å²) in [6.07, 6.45) is 3.50. The molecule has 1 heterocycles. The Bertz CT molecular complexity index is 531. The van der Waals surface area contributed by atoms with E-state index in [1.807, 2.05) is 6.92 Å². The maximum atomic E-state index is 12.1. The molecule has 0 amide bonds. The molecule has 0 aromatic heterocycles. The Balaban J connectivity index is 1.71. The van der Waals surface area contributed by atoms with Crippen molar-refractivity contribution in [3.63, 3.8) is 0 Å². The molecule has 0 radical (unpaired) electrons. The number of aliphatic imine (C=N–C) groups is 1. The van der Waals surface area contributed by atoms with Crippen molar-refractivity contribution in [3.8, 4) is 0 Å². The maximum Gasteiger partial charge on any atom is 0.213 e. The van der Waals surface area contributed by atoms with E-state index < -0.39 is 10.0 Å². The lowest BCUT2D eigenvalue weighted by Gasteiger charge is -2.31. The van der Waals surface area contributed by atoms with E-state index in [1.54, 1.807) is 0 Å². The normalized spacial score (nSPS) is 21.2. The first-order valence-electron chi connectivity index (χ1n) is 9.81. The van der Waals surface area contributed by atoms with Gasteiger partial charge in [-0.15, -0.1) is 0 Å². The number of sulfonamides is 1. The first-order chi connectivity index (χ1) is 12.5. The highest BCUT2D eigenvalue weighted by atomic mass is 32.2. The van der Waals surface area contributed by atoms with Crippen LogP contribution in [0.3, 0.4) is 0 Å². The first-order valence-corrected chi connectivity index (χ1v) is 11.5. The zero-order valence-corrected chi connectivity index (χ0v) is 17.0. The average molecular weight is 390 g/mol. The van der Waals surface area contributed by atoms with Gasteiger partial charge in [0, 0.05) is 38.8 Å². The molecule has 1 saturated carbocycles. The fourth-order valence-corrected chi connectivity index (χ4v) is 4.02. The molecule has 1 saturated heterocycles. The second kappa shape index (κ2) is 11.1. The summed E-state index contributed by atoms with van der Waals surface area (Å²) in [5.41, 5.74) is 0. The Morgan fingerprint density at radius 1 is 1.27 bits per heavy atom. The van der Waals surface area contributed by atoms with E-state index in [1.165, 1.54) is 6.42 Å². The monoisotopic (exact) mass is 389 g/mol. The highest BCUT2D eigenvalue weighted by Crippen LogP contribution is 2.25. The molecule has 0 aromatic rings. The molecule has 1 atom stereocenters. The zero-order valence-electron chi connectivity index (χ0n) is 16.2. The highest BCUT2D eigenvalue weighted by molar-refractivity contribution is 7.89. The van der Waals surface area contributed by atoms with Gasteiger partial charge in [0.2, 0.25) is 10.0 Å². The van der Waals surface area contributed by atoms with Crippen molar-refractivity contribution in [2.45, 2.75) is 39.2 Å². The third kappa shape index (κ3) is 7.77. The standard InChI is InChI=1S/C17H35N5O3S/c1-3-18-17(20-13-15(2)22-8-10-25-11-9-22)19-7-12-26(23,24)21-14-16-5-4-6-16/h15-16,21H,3-14H2,1-2H3,(H2,18,19,20). The lowest BCUT2D eigenvalue weighted by Crippen LogP contribution is -2.45. The van der Waals surface area contributed by atoms with E-state index >= 15 is 0 Å². The quantitative estimate of drug-likeness (QED) is 0.359. The first kappa shape index (κ1) is 21.4. The number of morpholine rings is 1. The minimum atomic E-state index is -3.23. The zero-order chi connectivity index (χ0) is 18.8. The number of guanidine groups is 1. The number of nitrogens with zero attached hydrogens (tertiary/aromatic N) is 2. The molecule has 9 heteroatoms. The Kier molecular flexibility index (Phi) is 9.10. The molecular formula is C17H35N5O3S. The van der Waals surface area contributed by atoms with Gasteiger partial charge in [0.25, 0.3) is 0 Å². The largest absolute Gasteiger partial charge is 0.379 e. The van der Waals surface area contributed by atoms with Crippen molar-refractivity contribution in [2.24, 2.45) is 10.9 Å². The van der Waals surface area contributed by atoms with Crippen molar-refractivity contribution in [1.29, 1.82) is 0 Å². The lowest BCUT2D eigenvalue weighted by atomic mass is 9.86. The predicted octanol–water partition coefficient (Wildman–Crippen LogP) is -0.0183. The van der Waals surface area contributed by atoms with Gasteiger partial charge < -0.3 is 15.4 Å². The van der Waals surface area contributed by atoms with Crippen LogP contribution >= 0.6 is 0 Å². The third-order valence-corrected chi connectivity index (χ3v) is 6.35. The van der Waals surface area contributed by atoms with Crippen LogP contribution in [0.5, 0.6) is 0 Å². The molecule has 0 bridgehead atoms. The molecule has 1 aliphatic carbocycles. The summed E-state index contributed by atoms with van der Waals surface area (Å²) in [6, 6.07) is 0.335. The number of hydrogen-bond donors (Lipinski definition) is 3. The van der Waals surface area contributed by atoms with Crippen LogP contribution in [-0.2, 0) is 14.8 Å². The minimum absolute atomic E-state index is 0.0587.